The van der Waals surface area contributed by atoms with Gasteiger partial charge in [-0.05, 0) is 30.3 Å². The Morgan fingerprint density at radius 1 is 1.15 bits per heavy atom. The summed E-state index contributed by atoms with van der Waals surface area (Å²) in [5.41, 5.74) is 1.35. The molecule has 0 aliphatic heterocycles. The molecule has 0 radical (unpaired) electrons. The van der Waals surface area contributed by atoms with E-state index < -0.39 is 10.8 Å². The summed E-state index contributed by atoms with van der Waals surface area (Å²) in [7, 11) is -1.27. The highest BCUT2D eigenvalue weighted by Gasteiger charge is 2.19. The van der Waals surface area contributed by atoms with Crippen LogP contribution in [0, 0.1) is 5.82 Å². The lowest BCUT2D eigenvalue weighted by molar-refractivity contribution is 0.615. The summed E-state index contributed by atoms with van der Waals surface area (Å²) < 4.78 is 32.1. The molecule has 0 saturated carbocycles. The predicted molar refractivity (Wildman–Crippen MR) is 81.6 cm³/mol. The van der Waals surface area contributed by atoms with Gasteiger partial charge in [0.25, 0.3) is 0 Å². The third kappa shape index (κ3) is 2.31. The molecule has 0 unspecified atom stereocenters. The van der Waals surface area contributed by atoms with Gasteiger partial charge >= 0.3 is 0 Å². The molecule has 1 atom stereocenters. The summed E-state index contributed by atoms with van der Waals surface area (Å²) in [4.78, 5) is 0.529. The average Bonchev–Trinajstić information content (AvgIpc) is 2.78. The van der Waals surface area contributed by atoms with Crippen LogP contribution in [0.4, 0.5) is 4.39 Å². The molecule has 3 rings (SSSR count). The third-order valence-corrected chi connectivity index (χ3v) is 4.51. The number of halogens is 2. The lowest BCUT2D eigenvalue weighted by atomic mass is 10.1. The van der Waals surface area contributed by atoms with Crippen molar-refractivity contribution < 1.29 is 13.0 Å². The SMILES string of the molecule is C[S@@](=O)c1c(-c2ccc(Br)cc2)oc2ccc(F)cc12. The van der Waals surface area contributed by atoms with Crippen molar-refractivity contribution >= 4 is 37.7 Å². The summed E-state index contributed by atoms with van der Waals surface area (Å²) in [6.07, 6.45) is 1.57. The Hall–Kier alpha value is -1.46. The van der Waals surface area contributed by atoms with Gasteiger partial charge in [-0.1, -0.05) is 28.1 Å². The van der Waals surface area contributed by atoms with E-state index >= 15 is 0 Å². The van der Waals surface area contributed by atoms with Crippen molar-refractivity contribution in [2.45, 2.75) is 4.90 Å². The quantitative estimate of drug-likeness (QED) is 0.666. The molecule has 3 aromatic rings. The standard InChI is InChI=1S/C15H10BrFO2S/c1-20(18)15-12-8-11(17)6-7-13(12)19-14(15)9-2-4-10(16)5-3-9/h2-8H,1H3/t20-/m1/s1. The average molecular weight is 353 g/mol. The molecule has 5 heteroatoms. The molecule has 0 amide bonds. The van der Waals surface area contributed by atoms with E-state index in [0.29, 0.717) is 21.6 Å². The number of benzene rings is 2. The lowest BCUT2D eigenvalue weighted by Gasteiger charge is -2.00. The fourth-order valence-corrected chi connectivity index (χ4v) is 3.28. The minimum Gasteiger partial charge on any atom is -0.455 e. The summed E-state index contributed by atoms with van der Waals surface area (Å²) in [5, 5.41) is 0.559. The number of hydrogen-bond donors (Lipinski definition) is 0. The van der Waals surface area contributed by atoms with Crippen LogP contribution >= 0.6 is 15.9 Å². The minimum atomic E-state index is -1.27. The van der Waals surface area contributed by atoms with Gasteiger partial charge in [-0.3, -0.25) is 4.21 Å². The Balaban J connectivity index is 2.32. The van der Waals surface area contributed by atoms with Crippen LogP contribution in [0.3, 0.4) is 0 Å². The largest absolute Gasteiger partial charge is 0.455 e. The molecule has 1 heterocycles. The first-order chi connectivity index (χ1) is 9.56. The maximum Gasteiger partial charge on any atom is 0.151 e. The van der Waals surface area contributed by atoms with Crippen LogP contribution in [0.15, 0.2) is 56.2 Å². The van der Waals surface area contributed by atoms with Gasteiger partial charge in [-0.2, -0.15) is 0 Å². The van der Waals surface area contributed by atoms with E-state index in [1.54, 1.807) is 12.3 Å². The van der Waals surface area contributed by atoms with E-state index in [4.69, 9.17) is 4.42 Å². The Labute approximate surface area is 126 Å². The van der Waals surface area contributed by atoms with Crippen molar-refractivity contribution in [3.8, 4) is 11.3 Å². The van der Waals surface area contributed by atoms with Gasteiger partial charge in [0.15, 0.2) is 5.76 Å². The first kappa shape index (κ1) is 13.5. The molecule has 0 spiro atoms. The van der Waals surface area contributed by atoms with E-state index in [2.05, 4.69) is 15.9 Å². The second-order valence-electron chi connectivity index (χ2n) is 4.36. The zero-order valence-electron chi connectivity index (χ0n) is 10.5. The fraction of sp³-hybridized carbons (Fsp3) is 0.0667. The van der Waals surface area contributed by atoms with Crippen molar-refractivity contribution in [2.75, 3.05) is 6.26 Å². The monoisotopic (exact) mass is 352 g/mol. The first-order valence-electron chi connectivity index (χ1n) is 5.87. The molecule has 0 saturated heterocycles. The van der Waals surface area contributed by atoms with Crippen LogP contribution in [-0.2, 0) is 10.8 Å². The Kier molecular flexibility index (Phi) is 3.48. The maximum atomic E-state index is 13.4. The zero-order chi connectivity index (χ0) is 14.3. The third-order valence-electron chi connectivity index (χ3n) is 3.00. The highest BCUT2D eigenvalue weighted by molar-refractivity contribution is 9.10. The molecule has 0 bridgehead atoms. The molecular weight excluding hydrogens is 343 g/mol. The number of rotatable bonds is 2. The maximum absolute atomic E-state index is 13.4. The predicted octanol–water partition coefficient (Wildman–Crippen LogP) is 4.74. The summed E-state index contributed by atoms with van der Waals surface area (Å²) in [6, 6.07) is 11.8. The molecule has 0 fully saturated rings. The molecule has 1 aromatic heterocycles. The van der Waals surface area contributed by atoms with E-state index in [0.717, 1.165) is 10.0 Å². The van der Waals surface area contributed by atoms with Crippen molar-refractivity contribution in [3.05, 3.63) is 52.8 Å². The summed E-state index contributed by atoms with van der Waals surface area (Å²) in [5.74, 6) is 0.159. The number of hydrogen-bond acceptors (Lipinski definition) is 2. The normalized spacial score (nSPS) is 12.8. The van der Waals surface area contributed by atoms with Crippen LogP contribution in [0.1, 0.15) is 0 Å². The van der Waals surface area contributed by atoms with Gasteiger partial charge in [0, 0.05) is 21.7 Å². The second kappa shape index (κ2) is 5.14. The Morgan fingerprint density at radius 2 is 1.85 bits per heavy atom. The topological polar surface area (TPSA) is 30.2 Å². The van der Waals surface area contributed by atoms with E-state index in [-0.39, 0.29) is 5.82 Å². The van der Waals surface area contributed by atoms with E-state index in [1.165, 1.54) is 12.1 Å². The highest BCUT2D eigenvalue weighted by atomic mass is 79.9. The van der Waals surface area contributed by atoms with Gasteiger partial charge in [-0.25, -0.2) is 4.39 Å². The van der Waals surface area contributed by atoms with Gasteiger partial charge < -0.3 is 4.42 Å². The van der Waals surface area contributed by atoms with Gasteiger partial charge in [0.05, 0.1) is 15.7 Å². The van der Waals surface area contributed by atoms with Gasteiger partial charge in [-0.15, -0.1) is 0 Å². The lowest BCUT2D eigenvalue weighted by Crippen LogP contribution is -1.89. The molecule has 102 valence electrons. The molecule has 0 N–H and O–H groups in total. The van der Waals surface area contributed by atoms with Crippen LogP contribution in [0.5, 0.6) is 0 Å². The minimum absolute atomic E-state index is 0.368. The zero-order valence-corrected chi connectivity index (χ0v) is 12.9. The first-order valence-corrected chi connectivity index (χ1v) is 8.23. The van der Waals surface area contributed by atoms with E-state index in [1.807, 2.05) is 24.3 Å². The second-order valence-corrected chi connectivity index (χ2v) is 6.59. The highest BCUT2D eigenvalue weighted by Crippen LogP contribution is 2.36. The van der Waals surface area contributed by atoms with Crippen LogP contribution in [0.2, 0.25) is 0 Å². The van der Waals surface area contributed by atoms with Gasteiger partial charge in [0.2, 0.25) is 0 Å². The molecule has 0 aliphatic rings. The van der Waals surface area contributed by atoms with Crippen LogP contribution in [-0.4, -0.2) is 10.5 Å². The van der Waals surface area contributed by atoms with Crippen molar-refractivity contribution in [1.82, 2.24) is 0 Å². The van der Waals surface area contributed by atoms with E-state index in [9.17, 15) is 8.60 Å². The van der Waals surface area contributed by atoms with Gasteiger partial charge in [0.1, 0.15) is 11.4 Å². The number of fused-ring (bicyclic) bond motifs is 1. The molecule has 2 nitrogen and oxygen atoms in total. The Bertz CT molecular complexity index is 809. The van der Waals surface area contributed by atoms with Crippen molar-refractivity contribution in [1.29, 1.82) is 0 Å². The Morgan fingerprint density at radius 3 is 2.50 bits per heavy atom. The molecular formula is C15H10BrFO2S. The summed E-state index contributed by atoms with van der Waals surface area (Å²) >= 11 is 3.37. The van der Waals surface area contributed by atoms with Crippen molar-refractivity contribution in [2.24, 2.45) is 0 Å². The van der Waals surface area contributed by atoms with Crippen LogP contribution < -0.4 is 0 Å². The molecule has 0 aliphatic carbocycles. The molecule has 2 aromatic carbocycles. The van der Waals surface area contributed by atoms with Crippen LogP contribution in [0.25, 0.3) is 22.3 Å². The van der Waals surface area contributed by atoms with Crippen molar-refractivity contribution in [3.63, 3.8) is 0 Å². The fourth-order valence-electron chi connectivity index (χ4n) is 2.12. The molecule has 20 heavy (non-hydrogen) atoms. The summed E-state index contributed by atoms with van der Waals surface area (Å²) in [6.45, 7) is 0. The smallest absolute Gasteiger partial charge is 0.151 e. The number of furan rings is 1.